The normalized spacial score (nSPS) is 22.9. The fourth-order valence-corrected chi connectivity index (χ4v) is 2.86. The van der Waals surface area contributed by atoms with Gasteiger partial charge >= 0.3 is 0 Å². The molecule has 1 saturated heterocycles. The Bertz CT molecular complexity index is 410. The van der Waals surface area contributed by atoms with Gasteiger partial charge in [0.1, 0.15) is 11.6 Å². The van der Waals surface area contributed by atoms with Crippen LogP contribution in [0.1, 0.15) is 31.7 Å². The zero-order valence-corrected chi connectivity index (χ0v) is 12.1. The largest absolute Gasteiger partial charge is 0.381 e. The Morgan fingerprint density at radius 1 is 1.30 bits per heavy atom. The summed E-state index contributed by atoms with van der Waals surface area (Å²) in [5.41, 5.74) is -0.00695. The van der Waals surface area contributed by atoms with Crippen molar-refractivity contribution in [3.8, 4) is 0 Å². The fraction of sp³-hybridized carbons (Fsp3) is 0.625. The average molecular weight is 283 g/mol. The van der Waals surface area contributed by atoms with Crippen molar-refractivity contribution in [2.24, 2.45) is 5.41 Å². The number of nitrogens with one attached hydrogen (secondary N) is 1. The van der Waals surface area contributed by atoms with Gasteiger partial charge in [0.05, 0.1) is 6.61 Å². The maximum atomic E-state index is 13.9. The number of ether oxygens (including phenoxy) is 1. The molecule has 0 bridgehead atoms. The Morgan fingerprint density at radius 3 is 2.65 bits per heavy atom. The molecule has 2 rings (SSSR count). The van der Waals surface area contributed by atoms with Crippen LogP contribution in [0.4, 0.5) is 8.78 Å². The van der Waals surface area contributed by atoms with E-state index >= 15 is 0 Å². The van der Waals surface area contributed by atoms with Gasteiger partial charge in [-0.1, -0.05) is 13.0 Å². The average Bonchev–Trinajstić information content (AvgIpc) is 2.45. The van der Waals surface area contributed by atoms with Gasteiger partial charge in [-0.2, -0.15) is 0 Å². The number of halogens is 2. The first-order valence-corrected chi connectivity index (χ1v) is 7.38. The van der Waals surface area contributed by atoms with E-state index < -0.39 is 11.6 Å². The van der Waals surface area contributed by atoms with Crippen molar-refractivity contribution in [2.45, 2.75) is 32.6 Å². The van der Waals surface area contributed by atoms with Crippen LogP contribution < -0.4 is 5.32 Å². The molecule has 1 N–H and O–H groups in total. The lowest BCUT2D eigenvalue weighted by molar-refractivity contribution is -0.00785. The highest BCUT2D eigenvalue weighted by Crippen LogP contribution is 2.33. The van der Waals surface area contributed by atoms with E-state index in [1.807, 2.05) is 0 Å². The van der Waals surface area contributed by atoms with Crippen LogP contribution in [0.25, 0.3) is 0 Å². The molecule has 1 heterocycles. The summed E-state index contributed by atoms with van der Waals surface area (Å²) >= 11 is 0. The van der Waals surface area contributed by atoms with E-state index in [4.69, 9.17) is 4.74 Å². The molecule has 1 unspecified atom stereocenters. The molecule has 0 aliphatic carbocycles. The minimum absolute atomic E-state index is 0.191. The Labute approximate surface area is 119 Å². The van der Waals surface area contributed by atoms with Crippen LogP contribution in [0.5, 0.6) is 0 Å². The molecule has 0 amide bonds. The molecule has 1 aromatic rings. The van der Waals surface area contributed by atoms with Crippen LogP contribution in [0.2, 0.25) is 0 Å². The first-order chi connectivity index (χ1) is 9.67. The minimum Gasteiger partial charge on any atom is -0.381 e. The van der Waals surface area contributed by atoms with Crippen molar-refractivity contribution in [1.82, 2.24) is 5.32 Å². The number of hydrogen-bond donors (Lipinski definition) is 1. The highest BCUT2D eigenvalue weighted by Gasteiger charge is 2.34. The van der Waals surface area contributed by atoms with Gasteiger partial charge in [0.2, 0.25) is 0 Å². The van der Waals surface area contributed by atoms with Gasteiger partial charge < -0.3 is 10.1 Å². The first-order valence-electron chi connectivity index (χ1n) is 7.38. The number of hydrogen-bond acceptors (Lipinski definition) is 2. The predicted molar refractivity (Wildman–Crippen MR) is 75.7 cm³/mol. The molecule has 1 aromatic carbocycles. The lowest BCUT2D eigenvalue weighted by atomic mass is 9.77. The maximum absolute atomic E-state index is 13.9. The van der Waals surface area contributed by atoms with Crippen molar-refractivity contribution in [3.05, 3.63) is 35.4 Å². The lowest BCUT2D eigenvalue weighted by Crippen LogP contribution is -2.43. The monoisotopic (exact) mass is 283 g/mol. The zero-order chi connectivity index (χ0) is 14.4. The van der Waals surface area contributed by atoms with Crippen molar-refractivity contribution in [3.63, 3.8) is 0 Å². The third kappa shape index (κ3) is 3.76. The van der Waals surface area contributed by atoms with Crippen LogP contribution in [0.15, 0.2) is 18.2 Å². The molecule has 1 fully saturated rings. The molecular weight excluding hydrogens is 260 g/mol. The van der Waals surface area contributed by atoms with Crippen molar-refractivity contribution >= 4 is 0 Å². The van der Waals surface area contributed by atoms with Crippen molar-refractivity contribution in [1.29, 1.82) is 0 Å². The summed E-state index contributed by atoms with van der Waals surface area (Å²) < 4.78 is 33.3. The second kappa shape index (κ2) is 7.14. The molecule has 20 heavy (non-hydrogen) atoms. The van der Waals surface area contributed by atoms with Gasteiger partial charge in [0.15, 0.2) is 0 Å². The summed E-state index contributed by atoms with van der Waals surface area (Å²) in [7, 11) is 0. The molecule has 2 nitrogen and oxygen atoms in total. The van der Waals surface area contributed by atoms with Crippen LogP contribution in [0, 0.1) is 17.0 Å². The van der Waals surface area contributed by atoms with Crippen LogP contribution >= 0.6 is 0 Å². The molecule has 0 saturated carbocycles. The van der Waals surface area contributed by atoms with Crippen LogP contribution in [-0.4, -0.2) is 26.3 Å². The molecule has 0 aromatic heterocycles. The van der Waals surface area contributed by atoms with Crippen LogP contribution in [-0.2, 0) is 11.2 Å². The van der Waals surface area contributed by atoms with E-state index in [0.29, 0.717) is 13.0 Å². The molecule has 1 aliphatic heterocycles. The van der Waals surface area contributed by atoms with Gasteiger partial charge in [-0.05, 0) is 44.4 Å². The third-order valence-electron chi connectivity index (χ3n) is 3.94. The third-order valence-corrected chi connectivity index (χ3v) is 3.94. The Kier molecular flexibility index (Phi) is 5.49. The van der Waals surface area contributed by atoms with Gasteiger partial charge in [0.25, 0.3) is 0 Å². The zero-order valence-electron chi connectivity index (χ0n) is 12.1. The summed E-state index contributed by atoms with van der Waals surface area (Å²) in [5, 5.41) is 3.38. The first kappa shape index (κ1) is 15.4. The predicted octanol–water partition coefficient (Wildman–Crippen LogP) is 3.30. The molecule has 1 atom stereocenters. The van der Waals surface area contributed by atoms with Gasteiger partial charge in [0, 0.05) is 24.1 Å². The molecule has 1 aliphatic rings. The van der Waals surface area contributed by atoms with E-state index in [-0.39, 0.29) is 11.0 Å². The van der Waals surface area contributed by atoms with E-state index in [9.17, 15) is 8.78 Å². The quantitative estimate of drug-likeness (QED) is 0.809. The summed E-state index contributed by atoms with van der Waals surface area (Å²) in [6, 6.07) is 4.07. The Balaban J connectivity index is 2.14. The standard InChI is InChI=1S/C16H23F2NO/c1-2-8-19-11-16(7-4-9-20-12-16)10-13-14(17)5-3-6-15(13)18/h3,5-6,19H,2,4,7-12H2,1H3. The lowest BCUT2D eigenvalue weighted by Gasteiger charge is -2.37. The van der Waals surface area contributed by atoms with E-state index in [0.717, 1.165) is 39.0 Å². The number of rotatable bonds is 6. The van der Waals surface area contributed by atoms with Gasteiger partial charge in [-0.25, -0.2) is 8.78 Å². The molecule has 0 spiro atoms. The second-order valence-electron chi connectivity index (χ2n) is 5.71. The van der Waals surface area contributed by atoms with Gasteiger partial charge in [-0.3, -0.25) is 0 Å². The minimum atomic E-state index is -0.453. The SMILES string of the molecule is CCCNCC1(Cc2c(F)cccc2F)CCCOC1. The molecule has 4 heteroatoms. The fourth-order valence-electron chi connectivity index (χ4n) is 2.86. The van der Waals surface area contributed by atoms with E-state index in [1.54, 1.807) is 0 Å². The molecule has 112 valence electrons. The molecule has 0 radical (unpaired) electrons. The summed E-state index contributed by atoms with van der Waals surface area (Å²) in [6.07, 6.45) is 3.33. The van der Waals surface area contributed by atoms with E-state index in [1.165, 1.54) is 18.2 Å². The summed E-state index contributed by atoms with van der Waals surface area (Å²) in [6.45, 7) is 5.08. The van der Waals surface area contributed by atoms with Gasteiger partial charge in [-0.15, -0.1) is 0 Å². The smallest absolute Gasteiger partial charge is 0.129 e. The highest BCUT2D eigenvalue weighted by molar-refractivity contribution is 5.21. The Hall–Kier alpha value is -1.00. The van der Waals surface area contributed by atoms with E-state index in [2.05, 4.69) is 12.2 Å². The molecular formula is C16H23F2NO. The summed E-state index contributed by atoms with van der Waals surface area (Å²) in [5.74, 6) is -0.907. The number of benzene rings is 1. The Morgan fingerprint density at radius 2 is 2.05 bits per heavy atom. The van der Waals surface area contributed by atoms with Crippen molar-refractivity contribution < 1.29 is 13.5 Å². The topological polar surface area (TPSA) is 21.3 Å². The van der Waals surface area contributed by atoms with Crippen molar-refractivity contribution in [2.75, 3.05) is 26.3 Å². The highest BCUT2D eigenvalue weighted by atomic mass is 19.1. The summed E-state index contributed by atoms with van der Waals surface area (Å²) in [4.78, 5) is 0. The van der Waals surface area contributed by atoms with Crippen LogP contribution in [0.3, 0.4) is 0 Å². The second-order valence-corrected chi connectivity index (χ2v) is 5.71. The maximum Gasteiger partial charge on any atom is 0.129 e.